The number of carbonyl (C=O) groups is 3. The lowest BCUT2D eigenvalue weighted by molar-refractivity contribution is -0.151. The number of thioether (sulfide) groups is 1. The van der Waals surface area contributed by atoms with E-state index in [1.165, 1.54) is 19.1 Å². The molecule has 0 aromatic heterocycles. The lowest BCUT2D eigenvalue weighted by atomic mass is 10.1. The molecule has 22 heavy (non-hydrogen) atoms. The number of hydrogen-bond acceptors (Lipinski definition) is 8. The van der Waals surface area contributed by atoms with E-state index in [4.69, 9.17) is 24.1 Å². The zero-order valence-corrected chi connectivity index (χ0v) is 12.6. The van der Waals surface area contributed by atoms with Gasteiger partial charge < -0.3 is 24.1 Å². The highest BCUT2D eigenvalue weighted by Gasteiger charge is 2.50. The minimum atomic E-state index is -1.01. The van der Waals surface area contributed by atoms with Crippen LogP contribution in [0.1, 0.15) is 6.92 Å². The number of ether oxygens (including phenoxy) is 4. The monoisotopic (exact) mass is 332 g/mol. The molecule has 0 aromatic rings. The van der Waals surface area contributed by atoms with Crippen molar-refractivity contribution in [3.63, 3.8) is 0 Å². The first-order valence-electron chi connectivity index (χ1n) is 6.60. The van der Waals surface area contributed by atoms with E-state index in [1.807, 2.05) is 0 Å². The van der Waals surface area contributed by atoms with Gasteiger partial charge in [-0.15, -0.1) is 0 Å². The molecule has 0 radical (unpaired) electrons. The Balaban J connectivity index is 1.79. The molecule has 8 nitrogen and oxygen atoms in total. The van der Waals surface area contributed by atoms with E-state index in [1.54, 1.807) is 0 Å². The second-order valence-corrected chi connectivity index (χ2v) is 5.67. The van der Waals surface area contributed by atoms with E-state index in [2.05, 4.69) is 0 Å². The summed E-state index contributed by atoms with van der Waals surface area (Å²) in [5, 5.41) is 7.43. The Kier molecular flexibility index (Phi) is 5.81. The summed E-state index contributed by atoms with van der Waals surface area (Å²) in [6.45, 7) is 1.67. The van der Waals surface area contributed by atoms with Gasteiger partial charge >= 0.3 is 17.2 Å². The van der Waals surface area contributed by atoms with E-state index in [0.29, 0.717) is 11.8 Å². The van der Waals surface area contributed by atoms with Crippen LogP contribution in [0.2, 0.25) is 0 Å². The van der Waals surface area contributed by atoms with Crippen molar-refractivity contribution in [2.24, 2.45) is 0 Å². The summed E-state index contributed by atoms with van der Waals surface area (Å²) < 4.78 is 21.2. The highest BCUT2D eigenvalue weighted by Crippen LogP contribution is 2.30. The molecule has 0 bridgehead atoms. The molecule has 2 saturated heterocycles. The Bertz CT molecular complexity index is 477. The average molecular weight is 332 g/mol. The van der Waals surface area contributed by atoms with Crippen LogP contribution in [0.25, 0.3) is 0 Å². The predicted octanol–water partition coefficient (Wildman–Crippen LogP) is 0.595. The summed E-state index contributed by atoms with van der Waals surface area (Å²) in [6.07, 6.45) is 0.611. The standard InChI is InChI=1S/C13H16O8S/c1-7(14)20-8-5-18-12-9(6-19-11(8)12)21-10(15)3-2-4-22-13(16)17/h2-3,8-9,11-12H,4-6H2,1H3,(H,16,17). The molecule has 0 aromatic carbocycles. The van der Waals surface area contributed by atoms with Gasteiger partial charge in [-0.05, 0) is 11.8 Å². The van der Waals surface area contributed by atoms with Crippen LogP contribution in [0, 0.1) is 0 Å². The smallest absolute Gasteiger partial charge is 0.365 e. The zero-order chi connectivity index (χ0) is 16.1. The van der Waals surface area contributed by atoms with Crippen molar-refractivity contribution >= 4 is 29.0 Å². The van der Waals surface area contributed by atoms with Gasteiger partial charge in [0.15, 0.2) is 12.2 Å². The first-order valence-corrected chi connectivity index (χ1v) is 7.59. The molecule has 2 heterocycles. The van der Waals surface area contributed by atoms with Crippen molar-refractivity contribution in [2.75, 3.05) is 19.0 Å². The van der Waals surface area contributed by atoms with Crippen molar-refractivity contribution in [3.8, 4) is 0 Å². The molecule has 4 unspecified atom stereocenters. The van der Waals surface area contributed by atoms with E-state index in [9.17, 15) is 14.4 Å². The summed E-state index contributed by atoms with van der Waals surface area (Å²) in [4.78, 5) is 32.9. The molecular formula is C13H16O8S. The number of rotatable bonds is 5. The summed E-state index contributed by atoms with van der Waals surface area (Å²) in [7, 11) is 0. The van der Waals surface area contributed by atoms with Crippen LogP contribution < -0.4 is 0 Å². The largest absolute Gasteiger partial charge is 0.473 e. The minimum Gasteiger partial charge on any atom is -0.473 e. The molecular weight excluding hydrogens is 316 g/mol. The maximum atomic E-state index is 11.6. The molecule has 2 rings (SSSR count). The third-order valence-electron chi connectivity index (χ3n) is 3.10. The van der Waals surface area contributed by atoms with Crippen LogP contribution in [-0.4, -0.2) is 65.7 Å². The highest BCUT2D eigenvalue weighted by molar-refractivity contribution is 8.13. The van der Waals surface area contributed by atoms with Gasteiger partial charge in [-0.1, -0.05) is 6.08 Å². The van der Waals surface area contributed by atoms with Gasteiger partial charge in [-0.25, -0.2) is 9.59 Å². The second kappa shape index (κ2) is 7.61. The Morgan fingerprint density at radius 1 is 1.18 bits per heavy atom. The van der Waals surface area contributed by atoms with Crippen LogP contribution in [-0.2, 0) is 28.5 Å². The Labute approximate surface area is 130 Å². The molecule has 122 valence electrons. The van der Waals surface area contributed by atoms with Crippen molar-refractivity contribution in [1.82, 2.24) is 0 Å². The number of carboxylic acid groups (broad SMARTS) is 1. The van der Waals surface area contributed by atoms with Crippen molar-refractivity contribution < 1.29 is 38.4 Å². The average Bonchev–Trinajstić information content (AvgIpc) is 2.99. The quantitative estimate of drug-likeness (QED) is 0.571. The van der Waals surface area contributed by atoms with Crippen LogP contribution in [0.3, 0.4) is 0 Å². The Hall–Kier alpha value is -1.58. The molecule has 0 saturated carbocycles. The SMILES string of the molecule is CC(=O)OC1COC2C(OC(=O)C=CCSC(=O)O)COC12. The summed E-state index contributed by atoms with van der Waals surface area (Å²) in [6, 6.07) is 0. The van der Waals surface area contributed by atoms with Gasteiger partial charge in [0.25, 0.3) is 0 Å². The first kappa shape index (κ1) is 16.8. The molecule has 2 fully saturated rings. The zero-order valence-electron chi connectivity index (χ0n) is 11.8. The fourth-order valence-corrected chi connectivity index (χ4v) is 2.63. The van der Waals surface area contributed by atoms with Crippen LogP contribution in [0.4, 0.5) is 4.79 Å². The molecule has 1 N–H and O–H groups in total. The minimum absolute atomic E-state index is 0.163. The maximum absolute atomic E-state index is 11.6. The van der Waals surface area contributed by atoms with Gasteiger partial charge in [0.1, 0.15) is 12.2 Å². The number of hydrogen-bond donors (Lipinski definition) is 1. The van der Waals surface area contributed by atoms with Crippen molar-refractivity contribution in [2.45, 2.75) is 31.3 Å². The van der Waals surface area contributed by atoms with Gasteiger partial charge in [0, 0.05) is 18.8 Å². The predicted molar refractivity (Wildman–Crippen MR) is 74.5 cm³/mol. The van der Waals surface area contributed by atoms with Gasteiger partial charge in [-0.2, -0.15) is 0 Å². The molecule has 2 aliphatic heterocycles. The van der Waals surface area contributed by atoms with E-state index in [-0.39, 0.29) is 19.0 Å². The van der Waals surface area contributed by atoms with Crippen molar-refractivity contribution in [3.05, 3.63) is 12.2 Å². The fraction of sp³-hybridized carbons (Fsp3) is 0.615. The van der Waals surface area contributed by atoms with Crippen molar-refractivity contribution in [1.29, 1.82) is 0 Å². The Morgan fingerprint density at radius 2 is 1.77 bits per heavy atom. The van der Waals surface area contributed by atoms with Crippen LogP contribution in [0.5, 0.6) is 0 Å². The highest BCUT2D eigenvalue weighted by atomic mass is 32.2. The molecule has 4 atom stereocenters. The lowest BCUT2D eigenvalue weighted by Crippen LogP contribution is -2.35. The molecule has 0 aliphatic carbocycles. The van der Waals surface area contributed by atoms with Gasteiger partial charge in [0.05, 0.1) is 13.2 Å². The first-order chi connectivity index (χ1) is 10.5. The summed E-state index contributed by atoms with van der Waals surface area (Å²) in [5.41, 5.74) is 0. The van der Waals surface area contributed by atoms with Crippen LogP contribution >= 0.6 is 11.8 Å². The number of esters is 2. The molecule has 0 amide bonds. The van der Waals surface area contributed by atoms with E-state index in [0.717, 1.165) is 0 Å². The number of carbonyl (C=O) groups excluding carboxylic acids is 2. The normalized spacial score (nSPS) is 30.2. The fourth-order valence-electron chi connectivity index (χ4n) is 2.30. The molecule has 9 heteroatoms. The Morgan fingerprint density at radius 3 is 2.32 bits per heavy atom. The lowest BCUT2D eigenvalue weighted by Gasteiger charge is -2.16. The van der Waals surface area contributed by atoms with Gasteiger partial charge in [-0.3, -0.25) is 4.79 Å². The third kappa shape index (κ3) is 4.46. The van der Waals surface area contributed by atoms with E-state index < -0.39 is 41.7 Å². The van der Waals surface area contributed by atoms with E-state index >= 15 is 0 Å². The van der Waals surface area contributed by atoms with Crippen LogP contribution in [0.15, 0.2) is 12.2 Å². The molecule has 0 spiro atoms. The number of fused-ring (bicyclic) bond motifs is 1. The topological polar surface area (TPSA) is 108 Å². The maximum Gasteiger partial charge on any atom is 0.365 e. The van der Waals surface area contributed by atoms with Gasteiger partial charge in [0.2, 0.25) is 0 Å². The molecule has 2 aliphatic rings. The summed E-state index contributed by atoms with van der Waals surface area (Å²) >= 11 is 0.662. The third-order valence-corrected chi connectivity index (χ3v) is 3.71. The summed E-state index contributed by atoms with van der Waals surface area (Å²) in [5.74, 6) is -0.847. The second-order valence-electron chi connectivity index (χ2n) is 4.70.